The molecule has 0 aliphatic heterocycles. The molecule has 1 amide bonds. The van der Waals surface area contributed by atoms with Crippen LogP contribution in [0.5, 0.6) is 5.75 Å². The third kappa shape index (κ3) is 2.86. The minimum atomic E-state index is -0.806. The van der Waals surface area contributed by atoms with Gasteiger partial charge in [-0.1, -0.05) is 0 Å². The van der Waals surface area contributed by atoms with Gasteiger partial charge in [-0.05, 0) is 18.2 Å². The summed E-state index contributed by atoms with van der Waals surface area (Å²) in [7, 11) is 0. The summed E-state index contributed by atoms with van der Waals surface area (Å²) < 4.78 is 13.0. The zero-order valence-electron chi connectivity index (χ0n) is 9.91. The number of nitro benzene ring substituents is 1. The zero-order valence-corrected chi connectivity index (χ0v) is 9.91. The first-order valence-electron chi connectivity index (χ1n) is 5.36. The van der Waals surface area contributed by atoms with Crippen molar-refractivity contribution < 1.29 is 19.2 Å². The molecule has 1 aromatic heterocycles. The highest BCUT2D eigenvalue weighted by molar-refractivity contribution is 6.05. The van der Waals surface area contributed by atoms with Crippen LogP contribution in [0, 0.1) is 15.9 Å². The average Bonchev–Trinajstić information content (AvgIpc) is 2.40. The number of aromatic nitrogens is 1. The number of carbonyl (C=O) groups is 1. The van der Waals surface area contributed by atoms with Crippen molar-refractivity contribution in [1.82, 2.24) is 4.98 Å². The van der Waals surface area contributed by atoms with E-state index in [-0.39, 0.29) is 17.0 Å². The Kier molecular flexibility index (Phi) is 3.56. The summed E-state index contributed by atoms with van der Waals surface area (Å²) in [4.78, 5) is 25.4. The molecule has 2 N–H and O–H groups in total. The fraction of sp³-hybridized carbons (Fsp3) is 0. The molecule has 0 fully saturated rings. The second kappa shape index (κ2) is 5.31. The van der Waals surface area contributed by atoms with Crippen LogP contribution in [0.2, 0.25) is 0 Å². The van der Waals surface area contributed by atoms with Gasteiger partial charge in [0.15, 0.2) is 0 Å². The quantitative estimate of drug-likeness (QED) is 0.660. The molecular weight excluding hydrogens is 269 g/mol. The summed E-state index contributed by atoms with van der Waals surface area (Å²) >= 11 is 0. The van der Waals surface area contributed by atoms with E-state index in [2.05, 4.69) is 10.3 Å². The van der Waals surface area contributed by atoms with Gasteiger partial charge in [-0.2, -0.15) is 0 Å². The van der Waals surface area contributed by atoms with Gasteiger partial charge in [-0.15, -0.1) is 0 Å². The van der Waals surface area contributed by atoms with E-state index in [0.29, 0.717) is 6.07 Å². The lowest BCUT2D eigenvalue weighted by atomic mass is 10.2. The summed E-state index contributed by atoms with van der Waals surface area (Å²) in [5, 5.41) is 22.3. The first kappa shape index (κ1) is 13.4. The van der Waals surface area contributed by atoms with Gasteiger partial charge < -0.3 is 10.4 Å². The average molecular weight is 277 g/mol. The van der Waals surface area contributed by atoms with E-state index >= 15 is 0 Å². The molecule has 1 aromatic carbocycles. The fourth-order valence-electron chi connectivity index (χ4n) is 1.51. The Hall–Kier alpha value is -3.03. The Morgan fingerprint density at radius 3 is 2.75 bits per heavy atom. The number of aromatic hydroxyl groups is 1. The van der Waals surface area contributed by atoms with E-state index in [9.17, 15) is 24.4 Å². The lowest BCUT2D eigenvalue weighted by Gasteiger charge is -2.06. The highest BCUT2D eigenvalue weighted by Gasteiger charge is 2.18. The molecule has 0 saturated carbocycles. The number of hydrogen-bond acceptors (Lipinski definition) is 5. The van der Waals surface area contributed by atoms with Crippen LogP contribution < -0.4 is 5.32 Å². The molecular formula is C12H8FN3O4. The molecule has 2 rings (SSSR count). The first-order chi connectivity index (χ1) is 9.47. The number of anilines is 1. The van der Waals surface area contributed by atoms with Crippen molar-refractivity contribution in [2.24, 2.45) is 0 Å². The number of hydrogen-bond donors (Lipinski definition) is 2. The molecule has 0 bridgehead atoms. The van der Waals surface area contributed by atoms with Crippen LogP contribution in [0.4, 0.5) is 15.8 Å². The molecule has 8 heteroatoms. The van der Waals surface area contributed by atoms with Crippen LogP contribution in [-0.4, -0.2) is 20.9 Å². The Bertz CT molecular complexity index is 690. The fourth-order valence-corrected chi connectivity index (χ4v) is 1.51. The number of benzene rings is 1. The van der Waals surface area contributed by atoms with E-state index < -0.39 is 22.3 Å². The van der Waals surface area contributed by atoms with E-state index in [4.69, 9.17) is 0 Å². The highest BCUT2D eigenvalue weighted by atomic mass is 19.1. The molecule has 0 spiro atoms. The summed E-state index contributed by atoms with van der Waals surface area (Å²) in [6.45, 7) is 0. The van der Waals surface area contributed by atoms with E-state index in [0.717, 1.165) is 24.4 Å². The molecule has 1 heterocycles. The molecule has 0 unspecified atom stereocenters. The number of carbonyl (C=O) groups excluding carboxylic acids is 1. The number of nitrogens with one attached hydrogen (secondary N) is 1. The topological polar surface area (TPSA) is 105 Å². The lowest BCUT2D eigenvalue weighted by molar-refractivity contribution is -0.384. The second-order valence-electron chi connectivity index (χ2n) is 3.80. The smallest absolute Gasteiger partial charge is 0.295 e. The molecule has 2 aromatic rings. The van der Waals surface area contributed by atoms with Gasteiger partial charge in [0.2, 0.25) is 0 Å². The number of nitro groups is 1. The van der Waals surface area contributed by atoms with Crippen LogP contribution in [0.3, 0.4) is 0 Å². The van der Waals surface area contributed by atoms with Crippen molar-refractivity contribution in [2.75, 3.05) is 5.32 Å². The maximum absolute atomic E-state index is 13.0. The van der Waals surface area contributed by atoms with Crippen LogP contribution in [0.15, 0.2) is 36.7 Å². The lowest BCUT2D eigenvalue weighted by Crippen LogP contribution is -2.13. The van der Waals surface area contributed by atoms with E-state index in [1.54, 1.807) is 0 Å². The molecule has 0 aliphatic carbocycles. The van der Waals surface area contributed by atoms with Crippen molar-refractivity contribution in [3.8, 4) is 5.75 Å². The minimum Gasteiger partial charge on any atom is -0.506 e. The number of rotatable bonds is 3. The Labute approximate surface area is 111 Å². The molecule has 0 radical (unpaired) electrons. The van der Waals surface area contributed by atoms with Gasteiger partial charge in [-0.25, -0.2) is 4.39 Å². The van der Waals surface area contributed by atoms with Crippen molar-refractivity contribution >= 4 is 17.3 Å². The Morgan fingerprint density at radius 2 is 2.10 bits per heavy atom. The Balaban J connectivity index is 2.30. The standard InChI is InChI=1S/C12H8FN3O4/c13-8-1-2-10(11(4-8)16(19)20)15-12(18)7-3-9(17)6-14-5-7/h1-6,17H,(H,15,18). The Morgan fingerprint density at radius 1 is 1.35 bits per heavy atom. The zero-order chi connectivity index (χ0) is 14.7. The molecule has 0 aliphatic rings. The van der Waals surface area contributed by atoms with Gasteiger partial charge >= 0.3 is 0 Å². The largest absolute Gasteiger partial charge is 0.506 e. The minimum absolute atomic E-state index is 0.0172. The maximum atomic E-state index is 13.0. The monoisotopic (exact) mass is 277 g/mol. The second-order valence-corrected chi connectivity index (χ2v) is 3.80. The van der Waals surface area contributed by atoms with Gasteiger partial charge in [0, 0.05) is 6.20 Å². The normalized spacial score (nSPS) is 10.1. The number of halogens is 1. The van der Waals surface area contributed by atoms with E-state index in [1.807, 2.05) is 0 Å². The van der Waals surface area contributed by atoms with Gasteiger partial charge in [-0.3, -0.25) is 19.9 Å². The molecule has 7 nitrogen and oxygen atoms in total. The van der Waals surface area contributed by atoms with Crippen molar-refractivity contribution in [3.05, 3.63) is 58.2 Å². The first-order valence-corrected chi connectivity index (χ1v) is 5.36. The molecule has 102 valence electrons. The van der Waals surface area contributed by atoms with Crippen molar-refractivity contribution in [1.29, 1.82) is 0 Å². The molecule has 0 saturated heterocycles. The van der Waals surface area contributed by atoms with Gasteiger partial charge in [0.25, 0.3) is 11.6 Å². The maximum Gasteiger partial charge on any atom is 0.295 e. The number of pyridine rings is 1. The van der Waals surface area contributed by atoms with Crippen LogP contribution in [0.1, 0.15) is 10.4 Å². The summed E-state index contributed by atoms with van der Waals surface area (Å²) in [6, 6.07) is 3.93. The third-order valence-corrected chi connectivity index (χ3v) is 2.39. The summed E-state index contributed by atoms with van der Waals surface area (Å²) in [5.41, 5.74) is -0.695. The van der Waals surface area contributed by atoms with Crippen LogP contribution in [0.25, 0.3) is 0 Å². The van der Waals surface area contributed by atoms with Crippen molar-refractivity contribution in [3.63, 3.8) is 0 Å². The highest BCUT2D eigenvalue weighted by Crippen LogP contribution is 2.25. The summed E-state index contributed by atoms with van der Waals surface area (Å²) in [6.07, 6.45) is 2.32. The van der Waals surface area contributed by atoms with Crippen molar-refractivity contribution in [2.45, 2.75) is 0 Å². The molecule has 0 atom stereocenters. The predicted molar refractivity (Wildman–Crippen MR) is 66.9 cm³/mol. The SMILES string of the molecule is O=C(Nc1ccc(F)cc1[N+](=O)[O-])c1cncc(O)c1. The number of nitrogens with zero attached hydrogens (tertiary/aromatic N) is 2. The predicted octanol–water partition coefficient (Wildman–Crippen LogP) is 2.09. The van der Waals surface area contributed by atoms with Crippen LogP contribution >= 0.6 is 0 Å². The third-order valence-electron chi connectivity index (χ3n) is 2.39. The van der Waals surface area contributed by atoms with Gasteiger partial charge in [0.05, 0.1) is 22.7 Å². The number of amides is 1. The van der Waals surface area contributed by atoms with Gasteiger partial charge in [0.1, 0.15) is 17.3 Å². The van der Waals surface area contributed by atoms with E-state index in [1.165, 1.54) is 6.20 Å². The molecule has 20 heavy (non-hydrogen) atoms. The van der Waals surface area contributed by atoms with Crippen LogP contribution in [-0.2, 0) is 0 Å². The summed E-state index contributed by atoms with van der Waals surface area (Å²) in [5.74, 6) is -1.71.